The van der Waals surface area contributed by atoms with Crippen LogP contribution in [0, 0.1) is 23.2 Å². The highest BCUT2D eigenvalue weighted by Gasteiger charge is 2.41. The van der Waals surface area contributed by atoms with Gasteiger partial charge in [0, 0.05) is 37.2 Å². The topological polar surface area (TPSA) is 157 Å². The average molecular weight is 597 g/mol. The van der Waals surface area contributed by atoms with Crippen molar-refractivity contribution >= 4 is 11.6 Å². The van der Waals surface area contributed by atoms with E-state index in [-0.39, 0.29) is 29.3 Å². The van der Waals surface area contributed by atoms with Crippen molar-refractivity contribution in [3.63, 3.8) is 0 Å². The highest BCUT2D eigenvalue weighted by molar-refractivity contribution is 6.20. The van der Waals surface area contributed by atoms with Gasteiger partial charge in [-0.25, -0.2) is 0 Å². The summed E-state index contributed by atoms with van der Waals surface area (Å²) < 4.78 is 37.8. The van der Waals surface area contributed by atoms with Gasteiger partial charge in [-0.1, -0.05) is 35.1 Å². The van der Waals surface area contributed by atoms with Gasteiger partial charge in [0.15, 0.2) is 0 Å². The molecule has 2 saturated heterocycles. The molecule has 0 aromatic rings. The molecular weight excluding hydrogens is 537 g/mol. The molecule has 12 heteroatoms. The van der Waals surface area contributed by atoms with Crippen molar-refractivity contribution in [2.45, 2.75) is 104 Å². The third-order valence-electron chi connectivity index (χ3n) is 8.67. The summed E-state index contributed by atoms with van der Waals surface area (Å²) in [5, 5.41) is 7.65. The Hall–Kier alpha value is -0.240. The molecule has 1 aliphatic carbocycles. The Bertz CT molecular complexity index is 618. The van der Waals surface area contributed by atoms with Crippen LogP contribution in [0.2, 0.25) is 0 Å². The number of likely N-dealkylation sites (tertiary alicyclic amines) is 2. The summed E-state index contributed by atoms with van der Waals surface area (Å²) >= 11 is 6.36. The minimum Gasteiger partial charge on any atom is -0.412 e. The van der Waals surface area contributed by atoms with Crippen LogP contribution in [0.4, 0.5) is 13.2 Å². The lowest BCUT2D eigenvalue weighted by Crippen LogP contribution is -2.55. The highest BCUT2D eigenvalue weighted by Crippen LogP contribution is 2.45. The number of halogens is 4. The molecule has 2 heterocycles. The maximum atomic E-state index is 12.6. The molecule has 0 spiro atoms. The molecule has 240 valence electrons. The smallest absolute Gasteiger partial charge is 0.401 e. The van der Waals surface area contributed by atoms with Crippen LogP contribution < -0.4 is 10.6 Å². The summed E-state index contributed by atoms with van der Waals surface area (Å²) in [7, 11) is 0. The van der Waals surface area contributed by atoms with Crippen LogP contribution in [0.5, 0.6) is 0 Å². The first-order valence-corrected chi connectivity index (χ1v) is 14.0. The van der Waals surface area contributed by atoms with E-state index in [1.54, 1.807) is 0 Å². The molecule has 0 radical (unpaired) electrons. The van der Waals surface area contributed by atoms with Crippen molar-refractivity contribution < 1.29 is 35.1 Å². The van der Waals surface area contributed by atoms with Gasteiger partial charge in [0.05, 0.1) is 6.54 Å². The zero-order valence-corrected chi connectivity index (χ0v) is 24.5. The zero-order chi connectivity index (χ0) is 24.9. The van der Waals surface area contributed by atoms with E-state index in [1.807, 2.05) is 0 Å². The van der Waals surface area contributed by atoms with E-state index >= 15 is 0 Å². The Morgan fingerprint density at radius 2 is 1.41 bits per heavy atom. The SMILES string of the molecule is C.CC(C)[C@H](CN1CCC(C2CCC(Cl)CC2)C(C)(C)C1)NCNC1CCN(CC(F)(F)F)CC1.O.O.O.O. The Morgan fingerprint density at radius 1 is 0.872 bits per heavy atom. The van der Waals surface area contributed by atoms with Crippen LogP contribution in [-0.4, -0.2) is 101 Å². The number of nitrogens with one attached hydrogen (secondary N) is 2. The number of hydrogen-bond acceptors (Lipinski definition) is 4. The normalized spacial score (nSPS) is 27.2. The number of alkyl halides is 4. The fourth-order valence-corrected chi connectivity index (χ4v) is 6.92. The van der Waals surface area contributed by atoms with Crippen molar-refractivity contribution in [1.82, 2.24) is 20.4 Å². The maximum Gasteiger partial charge on any atom is 0.401 e. The van der Waals surface area contributed by atoms with E-state index in [1.165, 1.54) is 43.5 Å². The lowest BCUT2D eigenvalue weighted by molar-refractivity contribution is -0.148. The second-order valence-electron chi connectivity index (χ2n) is 12.2. The van der Waals surface area contributed by atoms with Crippen LogP contribution in [0.25, 0.3) is 0 Å². The Morgan fingerprint density at radius 3 is 1.90 bits per heavy atom. The fourth-order valence-electron chi connectivity index (χ4n) is 6.67. The van der Waals surface area contributed by atoms with Crippen LogP contribution in [-0.2, 0) is 0 Å². The van der Waals surface area contributed by atoms with E-state index in [2.05, 4.69) is 43.2 Å². The third-order valence-corrected chi connectivity index (χ3v) is 9.10. The molecule has 0 aromatic carbocycles. The van der Waals surface area contributed by atoms with E-state index in [4.69, 9.17) is 11.6 Å². The lowest BCUT2D eigenvalue weighted by Gasteiger charge is -2.49. The van der Waals surface area contributed by atoms with Crippen LogP contribution in [0.3, 0.4) is 0 Å². The van der Waals surface area contributed by atoms with Crippen molar-refractivity contribution in [3.8, 4) is 0 Å². The first-order chi connectivity index (χ1) is 15.9. The summed E-state index contributed by atoms with van der Waals surface area (Å²) in [6, 6.07) is 0.694. The lowest BCUT2D eigenvalue weighted by atomic mass is 9.64. The second kappa shape index (κ2) is 19.0. The Labute approximate surface area is 240 Å². The molecule has 0 amide bonds. The third kappa shape index (κ3) is 14.0. The van der Waals surface area contributed by atoms with E-state index in [0.717, 1.165) is 37.8 Å². The van der Waals surface area contributed by atoms with Crippen molar-refractivity contribution in [3.05, 3.63) is 0 Å². The quantitative estimate of drug-likeness (QED) is 0.310. The van der Waals surface area contributed by atoms with Gasteiger partial charge in [-0.3, -0.25) is 4.90 Å². The van der Waals surface area contributed by atoms with Crippen LogP contribution in [0.1, 0.15) is 80.1 Å². The molecule has 3 rings (SSSR count). The first-order valence-electron chi connectivity index (χ1n) is 13.6. The standard InChI is InChI=1S/C26H48ClF3N4.CH4.4H2O/c1-19(2)24(32-18-31-22-9-12-33(13-10-22)17-26(28,29)30)15-34-14-11-23(25(3,4)16-34)20-5-7-21(27)8-6-20;;;;;/h19-24,31-32H,5-18H2,1-4H3;1H4;4*1H2/t20?,21?,23?,24-;;;;;/m0...../s1. The van der Waals surface area contributed by atoms with Gasteiger partial charge in [-0.05, 0) is 87.7 Å². The van der Waals surface area contributed by atoms with Gasteiger partial charge >= 0.3 is 6.18 Å². The number of hydrogen-bond donors (Lipinski definition) is 2. The maximum absolute atomic E-state index is 12.6. The van der Waals surface area contributed by atoms with Crippen molar-refractivity contribution in [1.29, 1.82) is 0 Å². The van der Waals surface area contributed by atoms with Gasteiger partial charge in [0.1, 0.15) is 0 Å². The summed E-state index contributed by atoms with van der Waals surface area (Å²) in [5.41, 5.74) is 0.326. The second-order valence-corrected chi connectivity index (χ2v) is 12.8. The molecule has 1 unspecified atom stereocenters. The number of nitrogens with zero attached hydrogens (tertiary/aromatic N) is 2. The summed E-state index contributed by atoms with van der Waals surface area (Å²) in [4.78, 5) is 4.17. The molecule has 3 aliphatic rings. The molecule has 39 heavy (non-hydrogen) atoms. The molecule has 2 aliphatic heterocycles. The Balaban J connectivity index is -0.00000259. The summed E-state index contributed by atoms with van der Waals surface area (Å²) in [6.45, 7) is 13.8. The first kappa shape index (κ1) is 43.2. The molecule has 0 aromatic heterocycles. The van der Waals surface area contributed by atoms with E-state index in [0.29, 0.717) is 48.6 Å². The predicted molar refractivity (Wildman–Crippen MR) is 156 cm³/mol. The molecule has 0 bridgehead atoms. The predicted octanol–water partition coefficient (Wildman–Crippen LogP) is 2.66. The highest BCUT2D eigenvalue weighted by atomic mass is 35.5. The minimum absolute atomic E-state index is 0. The number of rotatable bonds is 9. The fraction of sp³-hybridized carbons (Fsp3) is 1.00. The molecule has 8 nitrogen and oxygen atoms in total. The summed E-state index contributed by atoms with van der Waals surface area (Å²) in [5.74, 6) is 2.15. The van der Waals surface area contributed by atoms with Gasteiger partial charge in [-0.2, -0.15) is 13.2 Å². The summed E-state index contributed by atoms with van der Waals surface area (Å²) in [6.07, 6.45) is 3.67. The van der Waals surface area contributed by atoms with Gasteiger partial charge in [0.25, 0.3) is 0 Å². The molecule has 10 N–H and O–H groups in total. The van der Waals surface area contributed by atoms with Gasteiger partial charge in [0.2, 0.25) is 0 Å². The Kier molecular flexibility index (Phi) is 21.1. The van der Waals surface area contributed by atoms with E-state index in [9.17, 15) is 13.2 Å². The van der Waals surface area contributed by atoms with Crippen molar-refractivity contribution in [2.24, 2.45) is 23.2 Å². The van der Waals surface area contributed by atoms with E-state index < -0.39 is 12.7 Å². The monoisotopic (exact) mass is 596 g/mol. The van der Waals surface area contributed by atoms with Gasteiger partial charge in [-0.15, -0.1) is 11.6 Å². The average Bonchev–Trinajstić information content (AvgIpc) is 2.73. The largest absolute Gasteiger partial charge is 0.412 e. The number of piperidine rings is 2. The minimum atomic E-state index is -4.10. The van der Waals surface area contributed by atoms with Gasteiger partial charge < -0.3 is 37.4 Å². The molecule has 2 atom stereocenters. The molecule has 1 saturated carbocycles. The van der Waals surface area contributed by atoms with Crippen LogP contribution in [0.15, 0.2) is 0 Å². The molecule has 3 fully saturated rings. The molecular formula is C27H60ClF3N4O4. The van der Waals surface area contributed by atoms with Crippen molar-refractivity contribution in [2.75, 3.05) is 45.9 Å². The zero-order valence-electron chi connectivity index (χ0n) is 23.8. The van der Waals surface area contributed by atoms with Crippen LogP contribution >= 0.6 is 11.6 Å².